The molecular weight excluding hydrogens is 308 g/mol. The summed E-state index contributed by atoms with van der Waals surface area (Å²) < 4.78 is 11.4. The Balaban J connectivity index is 1.83. The molecule has 2 aliphatic heterocycles. The number of carbonyl (C=O) groups is 1. The van der Waals surface area contributed by atoms with Gasteiger partial charge in [0.1, 0.15) is 5.76 Å². The van der Waals surface area contributed by atoms with Crippen molar-refractivity contribution in [3.8, 4) is 0 Å². The molecule has 2 fully saturated rings. The number of hydrogen-bond acceptors (Lipinski definition) is 5. The lowest BCUT2D eigenvalue weighted by Gasteiger charge is -2.36. The lowest BCUT2D eigenvalue weighted by atomic mass is 9.76. The molecule has 1 aromatic rings. The summed E-state index contributed by atoms with van der Waals surface area (Å²) in [6.07, 6.45) is 0.987. The molecule has 0 radical (unpaired) electrons. The number of carbonyl (C=O) groups excluding carboxylic acids is 1. The molecule has 0 saturated carbocycles. The van der Waals surface area contributed by atoms with Crippen molar-refractivity contribution in [2.45, 2.75) is 39.2 Å². The number of likely N-dealkylation sites (tertiary alicyclic amines) is 1. The highest BCUT2D eigenvalue weighted by Gasteiger charge is 2.48. The Bertz CT molecular complexity index is 619. The van der Waals surface area contributed by atoms with E-state index in [4.69, 9.17) is 14.9 Å². The number of amides is 1. The molecule has 0 aromatic carbocycles. The maximum Gasteiger partial charge on any atom is 0.284 e. The number of aliphatic hydroxyl groups excluding tert-OH is 1. The van der Waals surface area contributed by atoms with E-state index in [9.17, 15) is 9.90 Å². The van der Waals surface area contributed by atoms with Crippen LogP contribution in [-0.2, 0) is 16.7 Å². The highest BCUT2D eigenvalue weighted by Crippen LogP contribution is 2.42. The van der Waals surface area contributed by atoms with Gasteiger partial charge in [0.05, 0.1) is 13.2 Å². The van der Waals surface area contributed by atoms with Gasteiger partial charge in [-0.1, -0.05) is 20.8 Å². The van der Waals surface area contributed by atoms with E-state index < -0.39 is 5.91 Å². The van der Waals surface area contributed by atoms with E-state index in [0.29, 0.717) is 19.1 Å². The van der Waals surface area contributed by atoms with Crippen molar-refractivity contribution in [2.75, 3.05) is 32.9 Å². The van der Waals surface area contributed by atoms with Crippen LogP contribution in [0.3, 0.4) is 0 Å². The van der Waals surface area contributed by atoms with Crippen LogP contribution in [0.2, 0.25) is 0 Å². The summed E-state index contributed by atoms with van der Waals surface area (Å²) >= 11 is 0. The Morgan fingerprint density at radius 2 is 2.25 bits per heavy atom. The van der Waals surface area contributed by atoms with Crippen molar-refractivity contribution >= 4 is 5.91 Å². The lowest BCUT2D eigenvalue weighted by Crippen LogP contribution is -2.42. The first-order valence-corrected chi connectivity index (χ1v) is 8.59. The number of rotatable bonds is 4. The summed E-state index contributed by atoms with van der Waals surface area (Å²) in [7, 11) is 0. The van der Waals surface area contributed by atoms with Crippen LogP contribution in [0.25, 0.3) is 0 Å². The third-order valence-electron chi connectivity index (χ3n) is 5.33. The predicted molar refractivity (Wildman–Crippen MR) is 89.6 cm³/mol. The number of fused-ring (bicyclic) bond motifs is 1. The number of primary amides is 1. The minimum atomic E-state index is -0.540. The second-order valence-electron chi connectivity index (χ2n) is 8.31. The molecule has 6 nitrogen and oxygen atoms in total. The van der Waals surface area contributed by atoms with Gasteiger partial charge in [-0.15, -0.1) is 0 Å². The van der Waals surface area contributed by atoms with E-state index in [2.05, 4.69) is 25.7 Å². The molecule has 0 unspecified atom stereocenters. The number of nitrogens with two attached hydrogens (primary N) is 1. The highest BCUT2D eigenvalue weighted by atomic mass is 16.5. The minimum Gasteiger partial charge on any atom is -0.455 e. The van der Waals surface area contributed by atoms with Crippen LogP contribution in [0.4, 0.5) is 0 Å². The van der Waals surface area contributed by atoms with Gasteiger partial charge in [0, 0.05) is 42.6 Å². The molecular formula is C18H28N2O4. The zero-order valence-electron chi connectivity index (χ0n) is 14.8. The number of aliphatic hydroxyl groups is 1. The van der Waals surface area contributed by atoms with Gasteiger partial charge in [-0.3, -0.25) is 9.69 Å². The number of ether oxygens (including phenoxy) is 1. The first kappa shape index (κ1) is 17.5. The Hall–Kier alpha value is -1.37. The van der Waals surface area contributed by atoms with Crippen LogP contribution in [0.15, 0.2) is 10.5 Å². The molecule has 2 aliphatic rings. The monoisotopic (exact) mass is 336 g/mol. The Labute approximate surface area is 142 Å². The summed E-state index contributed by atoms with van der Waals surface area (Å²) in [6.45, 7) is 10.2. The summed E-state index contributed by atoms with van der Waals surface area (Å²) in [5.41, 5.74) is 6.04. The largest absolute Gasteiger partial charge is 0.455 e. The fraction of sp³-hybridized carbons (Fsp3) is 0.722. The molecule has 0 bridgehead atoms. The van der Waals surface area contributed by atoms with E-state index in [1.54, 1.807) is 6.07 Å². The summed E-state index contributed by atoms with van der Waals surface area (Å²) in [6, 6.07) is 1.77. The van der Waals surface area contributed by atoms with Crippen molar-refractivity contribution in [1.82, 2.24) is 4.90 Å². The molecule has 0 aliphatic carbocycles. The van der Waals surface area contributed by atoms with Gasteiger partial charge in [0.25, 0.3) is 5.91 Å². The van der Waals surface area contributed by atoms with Crippen molar-refractivity contribution in [2.24, 2.45) is 17.1 Å². The van der Waals surface area contributed by atoms with Crippen molar-refractivity contribution in [3.63, 3.8) is 0 Å². The molecule has 134 valence electrons. The third-order valence-corrected chi connectivity index (χ3v) is 5.33. The quantitative estimate of drug-likeness (QED) is 0.870. The van der Waals surface area contributed by atoms with Gasteiger partial charge >= 0.3 is 0 Å². The standard InChI is InChI=1S/C18H28N2O4/c1-17(2,3)15-12(6-14(24-15)16(19)22)7-20-8-13-4-5-23-11-18(13,9-20)10-21/h6,13,21H,4-5,7-11H2,1-3H3,(H2,19,22)/t13-,18+/m0/s1. The fourth-order valence-corrected chi connectivity index (χ4v) is 4.09. The number of hydrogen-bond donors (Lipinski definition) is 2. The molecule has 24 heavy (non-hydrogen) atoms. The molecule has 3 N–H and O–H groups in total. The third kappa shape index (κ3) is 3.10. The summed E-state index contributed by atoms with van der Waals surface area (Å²) in [4.78, 5) is 13.8. The minimum absolute atomic E-state index is 0.151. The van der Waals surface area contributed by atoms with Crippen LogP contribution in [0, 0.1) is 11.3 Å². The van der Waals surface area contributed by atoms with E-state index in [-0.39, 0.29) is 23.2 Å². The molecule has 1 amide bonds. The van der Waals surface area contributed by atoms with Crippen LogP contribution in [0.1, 0.15) is 49.1 Å². The van der Waals surface area contributed by atoms with Gasteiger partial charge < -0.3 is 20.0 Å². The normalized spacial score (nSPS) is 28.1. The molecule has 2 atom stereocenters. The SMILES string of the molecule is CC(C)(C)c1oc(C(N)=O)cc1CN1C[C@@H]2CCOC[C@]2(CO)C1. The smallest absolute Gasteiger partial charge is 0.284 e. The maximum absolute atomic E-state index is 11.5. The lowest BCUT2D eigenvalue weighted by molar-refractivity contribution is -0.0561. The van der Waals surface area contributed by atoms with Gasteiger partial charge in [-0.05, 0) is 18.4 Å². The maximum atomic E-state index is 11.5. The predicted octanol–water partition coefficient (Wildman–Crippen LogP) is 1.51. The number of nitrogens with zero attached hydrogens (tertiary/aromatic N) is 1. The second-order valence-corrected chi connectivity index (χ2v) is 8.31. The summed E-state index contributed by atoms with van der Waals surface area (Å²) in [5.74, 6) is 0.936. The van der Waals surface area contributed by atoms with E-state index in [1.165, 1.54) is 0 Å². The zero-order valence-corrected chi connectivity index (χ0v) is 14.8. The van der Waals surface area contributed by atoms with Crippen LogP contribution < -0.4 is 5.73 Å². The molecule has 2 saturated heterocycles. The van der Waals surface area contributed by atoms with Crippen molar-refractivity contribution in [1.29, 1.82) is 0 Å². The van der Waals surface area contributed by atoms with Gasteiger partial charge in [0.15, 0.2) is 5.76 Å². The average molecular weight is 336 g/mol. The Morgan fingerprint density at radius 1 is 1.50 bits per heavy atom. The average Bonchev–Trinajstić information content (AvgIpc) is 3.08. The van der Waals surface area contributed by atoms with Gasteiger partial charge in [-0.2, -0.15) is 0 Å². The van der Waals surface area contributed by atoms with Crippen LogP contribution >= 0.6 is 0 Å². The second kappa shape index (κ2) is 6.17. The van der Waals surface area contributed by atoms with E-state index in [1.807, 2.05) is 0 Å². The molecule has 6 heteroatoms. The molecule has 3 heterocycles. The molecule has 1 aromatic heterocycles. The Morgan fingerprint density at radius 3 is 2.83 bits per heavy atom. The van der Waals surface area contributed by atoms with Crippen molar-refractivity contribution in [3.05, 3.63) is 23.2 Å². The van der Waals surface area contributed by atoms with Crippen LogP contribution in [0.5, 0.6) is 0 Å². The number of furan rings is 1. The highest BCUT2D eigenvalue weighted by molar-refractivity contribution is 5.90. The van der Waals surface area contributed by atoms with Gasteiger partial charge in [0.2, 0.25) is 0 Å². The summed E-state index contributed by atoms with van der Waals surface area (Å²) in [5, 5.41) is 9.91. The van der Waals surface area contributed by atoms with Gasteiger partial charge in [-0.25, -0.2) is 0 Å². The van der Waals surface area contributed by atoms with Crippen molar-refractivity contribution < 1.29 is 19.1 Å². The first-order chi connectivity index (χ1) is 11.2. The van der Waals surface area contributed by atoms with Crippen LogP contribution in [-0.4, -0.2) is 48.8 Å². The topological polar surface area (TPSA) is 88.9 Å². The van der Waals surface area contributed by atoms with E-state index >= 15 is 0 Å². The Kier molecular flexibility index (Phi) is 4.49. The molecule has 0 spiro atoms. The molecule has 3 rings (SSSR count). The van der Waals surface area contributed by atoms with E-state index in [0.717, 1.165) is 37.4 Å². The zero-order chi connectivity index (χ0) is 17.5. The first-order valence-electron chi connectivity index (χ1n) is 8.59. The fourth-order valence-electron chi connectivity index (χ4n) is 4.09.